The van der Waals surface area contributed by atoms with E-state index in [9.17, 15) is 4.39 Å². The molecule has 0 atom stereocenters. The van der Waals surface area contributed by atoms with Gasteiger partial charge in [0.2, 0.25) is 0 Å². The van der Waals surface area contributed by atoms with Crippen LogP contribution in [0.1, 0.15) is 5.56 Å². The molecule has 0 aliphatic carbocycles. The van der Waals surface area contributed by atoms with Crippen LogP contribution >= 0.6 is 11.6 Å². The Morgan fingerprint density at radius 2 is 2.03 bits per heavy atom. The van der Waals surface area contributed by atoms with Gasteiger partial charge in [0, 0.05) is 42.5 Å². The summed E-state index contributed by atoms with van der Waals surface area (Å²) in [6.45, 7) is 2.39. The Labute approximate surface area is 178 Å². The molecule has 0 saturated heterocycles. The van der Waals surface area contributed by atoms with E-state index in [1.54, 1.807) is 12.1 Å². The van der Waals surface area contributed by atoms with Gasteiger partial charge in [0.1, 0.15) is 18.2 Å². The van der Waals surface area contributed by atoms with Gasteiger partial charge < -0.3 is 26.5 Å². The van der Waals surface area contributed by atoms with Gasteiger partial charge in [-0.2, -0.15) is 0 Å². The van der Waals surface area contributed by atoms with E-state index in [2.05, 4.69) is 4.90 Å². The first-order valence-electron chi connectivity index (χ1n) is 9.52. The highest BCUT2D eigenvalue weighted by molar-refractivity contribution is 6.32. The van der Waals surface area contributed by atoms with E-state index in [4.69, 9.17) is 33.5 Å². The summed E-state index contributed by atoms with van der Waals surface area (Å²) >= 11 is 6.57. The van der Waals surface area contributed by atoms with Crippen molar-refractivity contribution in [2.75, 3.05) is 19.7 Å². The van der Waals surface area contributed by atoms with Crippen LogP contribution in [0.25, 0.3) is 16.6 Å². The van der Waals surface area contributed by atoms with Crippen LogP contribution in [0.3, 0.4) is 0 Å². The third-order valence-electron chi connectivity index (χ3n) is 5.06. The molecule has 156 valence electrons. The molecule has 0 saturated carbocycles. The Hall–Kier alpha value is -3.16. The SMILES string of the molecule is N/C=C(\C=C(N)N)CN1CCOc2c(Cl)cc(-n3ccc4cc(F)ccc43)cc2C1. The average Bonchev–Trinajstić information content (AvgIpc) is 3.00. The molecule has 3 aromatic rings. The maximum absolute atomic E-state index is 13.6. The molecule has 30 heavy (non-hydrogen) atoms. The number of fused-ring (bicyclic) bond motifs is 2. The summed E-state index contributed by atoms with van der Waals surface area (Å²) < 4.78 is 21.5. The third kappa shape index (κ3) is 4.08. The van der Waals surface area contributed by atoms with Crippen LogP contribution in [-0.4, -0.2) is 29.2 Å². The quantitative estimate of drug-likeness (QED) is 0.555. The summed E-state index contributed by atoms with van der Waals surface area (Å²) in [5, 5.41) is 1.36. The number of nitrogens with zero attached hydrogens (tertiary/aromatic N) is 2. The molecule has 4 rings (SSSR count). The molecule has 0 fully saturated rings. The molecule has 6 N–H and O–H groups in total. The van der Waals surface area contributed by atoms with Crippen LogP contribution in [0.5, 0.6) is 5.75 Å². The molecule has 0 amide bonds. The van der Waals surface area contributed by atoms with Crippen LogP contribution in [0.4, 0.5) is 4.39 Å². The zero-order valence-electron chi connectivity index (χ0n) is 16.3. The Morgan fingerprint density at radius 3 is 2.80 bits per heavy atom. The van der Waals surface area contributed by atoms with Gasteiger partial charge in [-0.15, -0.1) is 0 Å². The van der Waals surface area contributed by atoms with Gasteiger partial charge in [-0.25, -0.2) is 4.39 Å². The lowest BCUT2D eigenvalue weighted by Gasteiger charge is -2.20. The number of hydrogen-bond donors (Lipinski definition) is 3. The number of ether oxygens (including phenoxy) is 1. The molecule has 1 aromatic heterocycles. The topological polar surface area (TPSA) is 95.5 Å². The summed E-state index contributed by atoms with van der Waals surface area (Å²) in [6.07, 6.45) is 5.06. The summed E-state index contributed by atoms with van der Waals surface area (Å²) in [4.78, 5) is 2.19. The van der Waals surface area contributed by atoms with Gasteiger partial charge in [0.15, 0.2) is 0 Å². The first kappa shape index (κ1) is 20.1. The van der Waals surface area contributed by atoms with Gasteiger partial charge in [-0.3, -0.25) is 4.90 Å². The summed E-state index contributed by atoms with van der Waals surface area (Å²) in [6, 6.07) is 10.5. The van der Waals surface area contributed by atoms with Crippen LogP contribution < -0.4 is 21.9 Å². The zero-order chi connectivity index (χ0) is 21.3. The van der Waals surface area contributed by atoms with Crippen LogP contribution in [0.15, 0.2) is 66.3 Å². The lowest BCUT2D eigenvalue weighted by atomic mass is 10.1. The number of aromatic nitrogens is 1. The highest BCUT2D eigenvalue weighted by Gasteiger charge is 2.20. The minimum absolute atomic E-state index is 0.208. The molecule has 1 aliphatic rings. The van der Waals surface area contributed by atoms with Crippen molar-refractivity contribution in [3.8, 4) is 11.4 Å². The van der Waals surface area contributed by atoms with Crippen molar-refractivity contribution in [2.45, 2.75) is 6.54 Å². The van der Waals surface area contributed by atoms with Crippen molar-refractivity contribution in [2.24, 2.45) is 17.2 Å². The fourth-order valence-electron chi connectivity index (χ4n) is 3.74. The zero-order valence-corrected chi connectivity index (χ0v) is 17.1. The van der Waals surface area contributed by atoms with Crippen molar-refractivity contribution in [3.05, 3.63) is 82.7 Å². The Kier molecular flexibility index (Phi) is 5.57. The lowest BCUT2D eigenvalue weighted by molar-refractivity contribution is 0.240. The van der Waals surface area contributed by atoms with Gasteiger partial charge in [-0.1, -0.05) is 11.6 Å². The summed E-state index contributed by atoms with van der Waals surface area (Å²) in [5.74, 6) is 0.622. The molecule has 0 spiro atoms. The predicted molar refractivity (Wildman–Crippen MR) is 118 cm³/mol. The molecule has 1 aliphatic heterocycles. The molecule has 6 nitrogen and oxygen atoms in total. The van der Waals surface area contributed by atoms with E-state index in [0.717, 1.165) is 27.7 Å². The molecular weight excluding hydrogens is 405 g/mol. The van der Waals surface area contributed by atoms with Crippen LogP contribution in [-0.2, 0) is 6.54 Å². The second-order valence-electron chi connectivity index (χ2n) is 7.25. The Morgan fingerprint density at radius 1 is 1.20 bits per heavy atom. The molecule has 2 aromatic carbocycles. The molecule has 2 heterocycles. The third-order valence-corrected chi connectivity index (χ3v) is 5.34. The van der Waals surface area contributed by atoms with Crippen molar-refractivity contribution in [1.29, 1.82) is 0 Å². The van der Waals surface area contributed by atoms with E-state index in [1.807, 2.05) is 29.0 Å². The average molecular weight is 428 g/mol. The van der Waals surface area contributed by atoms with E-state index in [-0.39, 0.29) is 11.6 Å². The Bertz CT molecular complexity index is 1150. The minimum atomic E-state index is -0.264. The van der Waals surface area contributed by atoms with Crippen LogP contribution in [0.2, 0.25) is 5.02 Å². The summed E-state index contributed by atoms with van der Waals surface area (Å²) in [7, 11) is 0. The number of halogens is 2. The van der Waals surface area contributed by atoms with Gasteiger partial charge >= 0.3 is 0 Å². The Balaban J connectivity index is 1.69. The minimum Gasteiger partial charge on any atom is -0.490 e. The molecule has 0 unspecified atom stereocenters. The normalized spacial score (nSPS) is 14.8. The first-order valence-corrected chi connectivity index (χ1v) is 9.90. The van der Waals surface area contributed by atoms with Gasteiger partial charge in [-0.05, 0) is 54.2 Å². The second kappa shape index (κ2) is 8.30. The maximum Gasteiger partial charge on any atom is 0.142 e. The van der Waals surface area contributed by atoms with Crippen molar-refractivity contribution in [3.63, 3.8) is 0 Å². The van der Waals surface area contributed by atoms with E-state index in [0.29, 0.717) is 37.0 Å². The fraction of sp³-hybridized carbons (Fsp3) is 0.182. The molecule has 0 radical (unpaired) electrons. The maximum atomic E-state index is 13.6. The lowest BCUT2D eigenvalue weighted by Crippen LogP contribution is -2.28. The first-order chi connectivity index (χ1) is 14.4. The standard InChI is InChI=1S/C22H23ClFN5O/c23-19-10-18(29-4-3-15-8-17(24)1-2-20(15)29)9-16-13-28(5-6-30-22(16)19)12-14(11-25)7-21(26)27/h1-4,7-11H,5-6,12-13,25-27H2/b14-11+. The summed E-state index contributed by atoms with van der Waals surface area (Å²) in [5.41, 5.74) is 20.4. The molecule has 8 heteroatoms. The number of nitrogens with two attached hydrogens (primary N) is 3. The van der Waals surface area contributed by atoms with Crippen molar-refractivity contribution >= 4 is 22.5 Å². The van der Waals surface area contributed by atoms with Gasteiger partial charge in [0.25, 0.3) is 0 Å². The van der Waals surface area contributed by atoms with E-state index >= 15 is 0 Å². The number of hydrogen-bond acceptors (Lipinski definition) is 5. The van der Waals surface area contributed by atoms with Crippen LogP contribution in [0, 0.1) is 5.82 Å². The van der Waals surface area contributed by atoms with Crippen molar-refractivity contribution < 1.29 is 9.13 Å². The largest absolute Gasteiger partial charge is 0.490 e. The number of benzene rings is 2. The molecule has 0 bridgehead atoms. The smallest absolute Gasteiger partial charge is 0.142 e. The number of rotatable bonds is 4. The highest BCUT2D eigenvalue weighted by Crippen LogP contribution is 2.35. The molecular formula is C22H23ClFN5O. The fourth-order valence-corrected chi connectivity index (χ4v) is 4.03. The second-order valence-corrected chi connectivity index (χ2v) is 7.66. The predicted octanol–water partition coefficient (Wildman–Crippen LogP) is 3.22. The monoisotopic (exact) mass is 427 g/mol. The van der Waals surface area contributed by atoms with Crippen molar-refractivity contribution in [1.82, 2.24) is 9.47 Å². The van der Waals surface area contributed by atoms with E-state index < -0.39 is 0 Å². The van der Waals surface area contributed by atoms with E-state index in [1.165, 1.54) is 18.3 Å². The van der Waals surface area contributed by atoms with Gasteiger partial charge in [0.05, 0.1) is 16.4 Å². The highest BCUT2D eigenvalue weighted by atomic mass is 35.5.